The van der Waals surface area contributed by atoms with Crippen LogP contribution in [0.2, 0.25) is 0 Å². The third-order valence-electron chi connectivity index (χ3n) is 3.33. The summed E-state index contributed by atoms with van der Waals surface area (Å²) in [6.45, 7) is 4.37. The van der Waals surface area contributed by atoms with E-state index >= 15 is 0 Å². The molecule has 1 atom stereocenters. The molecule has 0 spiro atoms. The average molecular weight is 274 g/mol. The number of anilines is 2. The molecule has 0 bridgehead atoms. The molecule has 0 radical (unpaired) electrons. The van der Waals surface area contributed by atoms with E-state index in [9.17, 15) is 0 Å². The molecule has 1 aromatic heterocycles. The van der Waals surface area contributed by atoms with Crippen molar-refractivity contribution in [1.82, 2.24) is 0 Å². The van der Waals surface area contributed by atoms with E-state index in [0.29, 0.717) is 6.04 Å². The highest BCUT2D eigenvalue weighted by Crippen LogP contribution is 2.29. The number of nitrogens with one attached hydrogen (secondary N) is 1. The lowest BCUT2D eigenvalue weighted by Crippen LogP contribution is -2.12. The maximum atomic E-state index is 3.64. The van der Waals surface area contributed by atoms with Gasteiger partial charge in [-0.05, 0) is 42.5 Å². The smallest absolute Gasteiger partial charge is 0.0604 e. The highest BCUT2D eigenvalue weighted by atomic mass is 32.1. The minimum atomic E-state index is 0.401. The van der Waals surface area contributed by atoms with Crippen LogP contribution in [-0.4, -0.2) is 14.1 Å². The van der Waals surface area contributed by atoms with Gasteiger partial charge < -0.3 is 10.2 Å². The molecule has 102 valence electrons. The lowest BCUT2D eigenvalue weighted by molar-refractivity contribution is 0.764. The molecule has 1 heterocycles. The Bertz CT molecular complexity index is 518. The van der Waals surface area contributed by atoms with E-state index in [1.54, 1.807) is 0 Å². The van der Waals surface area contributed by atoms with Gasteiger partial charge in [0.25, 0.3) is 0 Å². The van der Waals surface area contributed by atoms with Gasteiger partial charge in [-0.2, -0.15) is 0 Å². The zero-order chi connectivity index (χ0) is 13.8. The van der Waals surface area contributed by atoms with E-state index in [4.69, 9.17) is 0 Å². The van der Waals surface area contributed by atoms with Gasteiger partial charge in [-0.3, -0.25) is 0 Å². The molecule has 0 aliphatic heterocycles. The van der Waals surface area contributed by atoms with Crippen molar-refractivity contribution < 1.29 is 0 Å². The molecular formula is C16H22N2S. The molecule has 0 saturated heterocycles. The summed E-state index contributed by atoms with van der Waals surface area (Å²) in [6, 6.07) is 11.3. The standard InChI is InChI=1S/C16H22N2S/c1-5-14(16-7-6-10-19-16)17-13-9-8-12(2)15(11-13)18(3)4/h6-11,14,17H,5H2,1-4H3. The van der Waals surface area contributed by atoms with Crippen molar-refractivity contribution in [3.8, 4) is 0 Å². The Kier molecular flexibility index (Phi) is 4.48. The molecule has 3 heteroatoms. The minimum Gasteiger partial charge on any atom is -0.377 e. The normalized spacial score (nSPS) is 12.2. The summed E-state index contributed by atoms with van der Waals surface area (Å²) >= 11 is 1.82. The molecule has 1 aromatic carbocycles. The van der Waals surface area contributed by atoms with Gasteiger partial charge >= 0.3 is 0 Å². The summed E-state index contributed by atoms with van der Waals surface area (Å²) in [5.41, 5.74) is 3.76. The number of thiophene rings is 1. The average Bonchev–Trinajstić information content (AvgIpc) is 2.91. The second kappa shape index (κ2) is 6.11. The zero-order valence-electron chi connectivity index (χ0n) is 12.1. The number of benzene rings is 1. The summed E-state index contributed by atoms with van der Waals surface area (Å²) in [4.78, 5) is 3.56. The third-order valence-corrected chi connectivity index (χ3v) is 4.31. The molecule has 0 fully saturated rings. The predicted octanol–water partition coefficient (Wildman–Crippen LogP) is 4.69. The van der Waals surface area contributed by atoms with Gasteiger partial charge in [-0.25, -0.2) is 0 Å². The van der Waals surface area contributed by atoms with Gasteiger partial charge in [0.15, 0.2) is 0 Å². The Hall–Kier alpha value is -1.48. The van der Waals surface area contributed by atoms with Gasteiger partial charge in [0.05, 0.1) is 6.04 Å². The monoisotopic (exact) mass is 274 g/mol. The highest BCUT2D eigenvalue weighted by Gasteiger charge is 2.11. The summed E-state index contributed by atoms with van der Waals surface area (Å²) in [5, 5.41) is 5.78. The van der Waals surface area contributed by atoms with Crippen LogP contribution in [0.5, 0.6) is 0 Å². The molecule has 0 aliphatic rings. The molecule has 0 amide bonds. The maximum absolute atomic E-state index is 3.64. The second-order valence-electron chi connectivity index (χ2n) is 5.02. The van der Waals surface area contributed by atoms with Gasteiger partial charge in [-0.1, -0.05) is 19.1 Å². The lowest BCUT2D eigenvalue weighted by atomic mass is 10.1. The van der Waals surface area contributed by atoms with Crippen molar-refractivity contribution in [1.29, 1.82) is 0 Å². The number of aryl methyl sites for hydroxylation is 1. The van der Waals surface area contributed by atoms with Crippen LogP contribution in [0, 0.1) is 6.92 Å². The molecule has 2 nitrogen and oxygen atoms in total. The van der Waals surface area contributed by atoms with Gasteiger partial charge in [0.2, 0.25) is 0 Å². The fourth-order valence-electron chi connectivity index (χ4n) is 2.25. The first-order valence-electron chi connectivity index (χ1n) is 6.69. The Morgan fingerprint density at radius 3 is 2.63 bits per heavy atom. The summed E-state index contributed by atoms with van der Waals surface area (Å²) in [5.74, 6) is 0. The molecule has 1 N–H and O–H groups in total. The van der Waals surface area contributed by atoms with E-state index < -0.39 is 0 Å². The first-order valence-corrected chi connectivity index (χ1v) is 7.57. The quantitative estimate of drug-likeness (QED) is 0.851. The Labute approximate surface area is 120 Å². The molecule has 2 aromatic rings. The minimum absolute atomic E-state index is 0.401. The SMILES string of the molecule is CCC(Nc1ccc(C)c(N(C)C)c1)c1cccs1. The maximum Gasteiger partial charge on any atom is 0.0604 e. The van der Waals surface area contributed by atoms with Crippen molar-refractivity contribution in [2.45, 2.75) is 26.3 Å². The number of rotatable bonds is 5. The Balaban J connectivity index is 2.20. The predicted molar refractivity (Wildman–Crippen MR) is 86.5 cm³/mol. The fourth-order valence-corrected chi connectivity index (χ4v) is 3.11. The molecule has 0 aliphatic carbocycles. The van der Waals surface area contributed by atoms with Crippen LogP contribution in [0.4, 0.5) is 11.4 Å². The third kappa shape index (κ3) is 3.29. The fraction of sp³-hybridized carbons (Fsp3) is 0.375. The first-order chi connectivity index (χ1) is 9.11. The first kappa shape index (κ1) is 13.9. The van der Waals surface area contributed by atoms with Crippen LogP contribution in [0.3, 0.4) is 0 Å². The molecule has 0 saturated carbocycles. The summed E-state index contributed by atoms with van der Waals surface area (Å²) < 4.78 is 0. The van der Waals surface area contributed by atoms with E-state index in [1.807, 2.05) is 11.3 Å². The topological polar surface area (TPSA) is 15.3 Å². The summed E-state index contributed by atoms with van der Waals surface area (Å²) in [6.07, 6.45) is 1.09. The highest BCUT2D eigenvalue weighted by molar-refractivity contribution is 7.10. The molecule has 2 rings (SSSR count). The van der Waals surface area contributed by atoms with Gasteiger partial charge in [0, 0.05) is 30.3 Å². The summed E-state index contributed by atoms with van der Waals surface area (Å²) in [7, 11) is 4.17. The van der Waals surface area contributed by atoms with E-state index in [0.717, 1.165) is 6.42 Å². The number of nitrogens with zero attached hydrogens (tertiary/aromatic N) is 1. The van der Waals surface area contributed by atoms with Crippen molar-refractivity contribution >= 4 is 22.7 Å². The van der Waals surface area contributed by atoms with Crippen LogP contribution in [-0.2, 0) is 0 Å². The van der Waals surface area contributed by atoms with Crippen molar-refractivity contribution in [2.75, 3.05) is 24.3 Å². The molecule has 19 heavy (non-hydrogen) atoms. The van der Waals surface area contributed by atoms with Gasteiger partial charge in [0.1, 0.15) is 0 Å². The van der Waals surface area contributed by atoms with E-state index in [-0.39, 0.29) is 0 Å². The van der Waals surface area contributed by atoms with Crippen molar-refractivity contribution in [2.24, 2.45) is 0 Å². The molecule has 1 unspecified atom stereocenters. The van der Waals surface area contributed by atoms with Crippen LogP contribution >= 0.6 is 11.3 Å². The van der Waals surface area contributed by atoms with Gasteiger partial charge in [-0.15, -0.1) is 11.3 Å². The number of hydrogen-bond donors (Lipinski definition) is 1. The van der Waals surface area contributed by atoms with Crippen molar-refractivity contribution in [3.63, 3.8) is 0 Å². The molecular weight excluding hydrogens is 252 g/mol. The number of hydrogen-bond acceptors (Lipinski definition) is 3. The second-order valence-corrected chi connectivity index (χ2v) is 6.00. The van der Waals surface area contributed by atoms with Crippen LogP contribution in [0.1, 0.15) is 29.8 Å². The van der Waals surface area contributed by atoms with Crippen molar-refractivity contribution in [3.05, 3.63) is 46.2 Å². The largest absolute Gasteiger partial charge is 0.377 e. The zero-order valence-corrected chi connectivity index (χ0v) is 12.9. The van der Waals surface area contributed by atoms with Crippen LogP contribution in [0.25, 0.3) is 0 Å². The van der Waals surface area contributed by atoms with Crippen LogP contribution < -0.4 is 10.2 Å². The van der Waals surface area contributed by atoms with E-state index in [1.165, 1.54) is 21.8 Å². The Morgan fingerprint density at radius 1 is 1.26 bits per heavy atom. The lowest BCUT2D eigenvalue weighted by Gasteiger charge is -2.21. The van der Waals surface area contributed by atoms with E-state index in [2.05, 4.69) is 73.9 Å². The Morgan fingerprint density at radius 2 is 2.05 bits per heavy atom. The van der Waals surface area contributed by atoms with Crippen LogP contribution in [0.15, 0.2) is 35.7 Å².